The largest absolute Gasteiger partial charge is 0.398 e. The maximum atomic E-state index is 7.52. The Kier molecular flexibility index (Phi) is 2.39. The van der Waals surface area contributed by atoms with E-state index in [1.54, 1.807) is 6.92 Å². The topological polar surface area (TPSA) is 49.9 Å². The van der Waals surface area contributed by atoms with E-state index in [2.05, 4.69) is 5.92 Å². The van der Waals surface area contributed by atoms with Crippen LogP contribution >= 0.6 is 0 Å². The molecule has 0 atom stereocenters. The molecule has 2 nitrogen and oxygen atoms in total. The highest BCUT2D eigenvalue weighted by atomic mass is 14.6. The third-order valence-electron chi connectivity index (χ3n) is 1.84. The molecule has 0 amide bonds. The van der Waals surface area contributed by atoms with Crippen LogP contribution in [0, 0.1) is 24.7 Å². The summed E-state index contributed by atoms with van der Waals surface area (Å²) < 4.78 is 0. The molecule has 0 aliphatic carbocycles. The fourth-order valence-electron chi connectivity index (χ4n) is 1.35. The Balaban J connectivity index is 3.50. The SMILES string of the molecule is C#Cc1cc(C)cc(N)c1C(C)=N. The van der Waals surface area contributed by atoms with Crippen molar-refractivity contribution in [2.24, 2.45) is 0 Å². The summed E-state index contributed by atoms with van der Waals surface area (Å²) in [6.07, 6.45) is 5.32. The molecule has 13 heavy (non-hydrogen) atoms. The van der Waals surface area contributed by atoms with Gasteiger partial charge in [0, 0.05) is 22.5 Å². The van der Waals surface area contributed by atoms with E-state index in [4.69, 9.17) is 17.6 Å². The second-order valence-electron chi connectivity index (χ2n) is 3.05. The first-order chi connectivity index (χ1) is 6.06. The van der Waals surface area contributed by atoms with E-state index >= 15 is 0 Å². The van der Waals surface area contributed by atoms with Gasteiger partial charge >= 0.3 is 0 Å². The quantitative estimate of drug-likeness (QED) is 0.379. The number of nitrogen functional groups attached to an aromatic ring is 1. The summed E-state index contributed by atoms with van der Waals surface area (Å²) in [5.41, 5.74) is 9.15. The Labute approximate surface area is 78.3 Å². The van der Waals surface area contributed by atoms with Gasteiger partial charge in [0.2, 0.25) is 0 Å². The molecule has 0 aliphatic heterocycles. The van der Waals surface area contributed by atoms with E-state index in [9.17, 15) is 0 Å². The van der Waals surface area contributed by atoms with Crippen molar-refractivity contribution in [2.45, 2.75) is 13.8 Å². The Morgan fingerprint density at radius 3 is 2.62 bits per heavy atom. The van der Waals surface area contributed by atoms with Crippen molar-refractivity contribution in [2.75, 3.05) is 5.73 Å². The summed E-state index contributed by atoms with van der Waals surface area (Å²) in [6.45, 7) is 3.61. The van der Waals surface area contributed by atoms with Crippen LogP contribution < -0.4 is 5.73 Å². The first-order valence-electron chi connectivity index (χ1n) is 3.98. The second kappa shape index (κ2) is 3.32. The molecule has 0 bridgehead atoms. The van der Waals surface area contributed by atoms with Crippen LogP contribution in [0.4, 0.5) is 5.69 Å². The smallest absolute Gasteiger partial charge is 0.0421 e. The van der Waals surface area contributed by atoms with Gasteiger partial charge < -0.3 is 11.1 Å². The number of terminal acetylenes is 1. The number of hydrogen-bond acceptors (Lipinski definition) is 2. The Bertz CT molecular complexity index is 397. The van der Waals surface area contributed by atoms with Crippen molar-refractivity contribution in [3.63, 3.8) is 0 Å². The van der Waals surface area contributed by atoms with Gasteiger partial charge in [-0.3, -0.25) is 0 Å². The number of anilines is 1. The molecule has 0 aromatic heterocycles. The normalized spacial score (nSPS) is 9.31. The average Bonchev–Trinajstić information content (AvgIpc) is 2.01. The van der Waals surface area contributed by atoms with Crippen molar-refractivity contribution in [3.05, 3.63) is 28.8 Å². The number of benzene rings is 1. The van der Waals surface area contributed by atoms with Crippen molar-refractivity contribution < 1.29 is 0 Å². The van der Waals surface area contributed by atoms with Gasteiger partial charge in [0.15, 0.2) is 0 Å². The van der Waals surface area contributed by atoms with Crippen LogP contribution in [0.2, 0.25) is 0 Å². The van der Waals surface area contributed by atoms with Crippen molar-refractivity contribution in [1.82, 2.24) is 0 Å². The summed E-state index contributed by atoms with van der Waals surface area (Å²) in [6, 6.07) is 3.69. The lowest BCUT2D eigenvalue weighted by Gasteiger charge is -2.07. The standard InChI is InChI=1S/C11H12N2/c1-4-9-5-7(2)6-10(13)11(9)8(3)12/h1,5-6,12H,13H2,2-3H3. The molecule has 0 saturated carbocycles. The lowest BCUT2D eigenvalue weighted by atomic mass is 9.99. The van der Waals surface area contributed by atoms with Gasteiger partial charge in [0.25, 0.3) is 0 Å². The third-order valence-corrected chi connectivity index (χ3v) is 1.84. The monoisotopic (exact) mass is 172 g/mol. The number of nitrogens with two attached hydrogens (primary N) is 1. The molecule has 1 rings (SSSR count). The molecule has 3 N–H and O–H groups in total. The first-order valence-corrected chi connectivity index (χ1v) is 3.98. The van der Waals surface area contributed by atoms with Crippen LogP contribution in [0.1, 0.15) is 23.6 Å². The molecule has 2 heteroatoms. The van der Waals surface area contributed by atoms with Gasteiger partial charge in [-0.15, -0.1) is 6.42 Å². The highest BCUT2D eigenvalue weighted by molar-refractivity contribution is 6.03. The fraction of sp³-hybridized carbons (Fsp3) is 0.182. The van der Waals surface area contributed by atoms with Crippen molar-refractivity contribution >= 4 is 11.4 Å². The van der Waals surface area contributed by atoms with Crippen molar-refractivity contribution in [1.29, 1.82) is 5.41 Å². The molecule has 0 fully saturated rings. The molecule has 0 radical (unpaired) electrons. The van der Waals surface area contributed by atoms with Gasteiger partial charge in [-0.05, 0) is 31.5 Å². The molecule has 0 saturated heterocycles. The van der Waals surface area contributed by atoms with E-state index in [-0.39, 0.29) is 0 Å². The maximum Gasteiger partial charge on any atom is 0.0421 e. The minimum absolute atomic E-state index is 0.408. The Morgan fingerprint density at radius 1 is 1.54 bits per heavy atom. The molecular formula is C11H12N2. The molecule has 0 aliphatic rings. The van der Waals surface area contributed by atoms with Crippen LogP contribution in [0.25, 0.3) is 0 Å². The van der Waals surface area contributed by atoms with Crippen LogP contribution in [0.15, 0.2) is 12.1 Å². The lowest BCUT2D eigenvalue weighted by molar-refractivity contribution is 1.40. The minimum atomic E-state index is 0.408. The lowest BCUT2D eigenvalue weighted by Crippen LogP contribution is -2.03. The van der Waals surface area contributed by atoms with Gasteiger partial charge in [0.1, 0.15) is 0 Å². The zero-order valence-corrected chi connectivity index (χ0v) is 7.81. The summed E-state index contributed by atoms with van der Waals surface area (Å²) >= 11 is 0. The van der Waals surface area contributed by atoms with Gasteiger partial charge in [-0.2, -0.15) is 0 Å². The highest BCUT2D eigenvalue weighted by Crippen LogP contribution is 2.19. The molecule has 0 heterocycles. The zero-order valence-electron chi connectivity index (χ0n) is 7.81. The first kappa shape index (κ1) is 9.34. The van der Waals surface area contributed by atoms with Gasteiger partial charge in [-0.1, -0.05) is 5.92 Å². The van der Waals surface area contributed by atoms with Gasteiger partial charge in [0.05, 0.1) is 0 Å². The summed E-state index contributed by atoms with van der Waals surface area (Å²) in [7, 11) is 0. The third kappa shape index (κ3) is 1.70. The Morgan fingerprint density at radius 2 is 2.15 bits per heavy atom. The minimum Gasteiger partial charge on any atom is -0.398 e. The second-order valence-corrected chi connectivity index (χ2v) is 3.05. The summed E-state index contributed by atoms with van der Waals surface area (Å²) in [5, 5.41) is 7.52. The predicted octanol–water partition coefficient (Wildman–Crippen LogP) is 1.95. The average molecular weight is 172 g/mol. The molecule has 0 spiro atoms. The summed E-state index contributed by atoms with van der Waals surface area (Å²) in [5.74, 6) is 2.54. The molecule has 1 aromatic rings. The van der Waals surface area contributed by atoms with E-state index in [1.165, 1.54) is 0 Å². The number of rotatable bonds is 1. The molecular weight excluding hydrogens is 160 g/mol. The fourth-order valence-corrected chi connectivity index (χ4v) is 1.35. The number of aryl methyl sites for hydroxylation is 1. The molecule has 66 valence electrons. The number of nitrogens with one attached hydrogen (secondary N) is 1. The summed E-state index contributed by atoms with van der Waals surface area (Å²) in [4.78, 5) is 0. The zero-order chi connectivity index (χ0) is 10.0. The van der Waals surface area contributed by atoms with Crippen LogP contribution in [-0.4, -0.2) is 5.71 Å². The van der Waals surface area contributed by atoms with Crippen LogP contribution in [0.3, 0.4) is 0 Å². The van der Waals surface area contributed by atoms with E-state index in [1.807, 2.05) is 19.1 Å². The number of hydrogen-bond donors (Lipinski definition) is 2. The van der Waals surface area contributed by atoms with Crippen LogP contribution in [0.5, 0.6) is 0 Å². The van der Waals surface area contributed by atoms with Crippen molar-refractivity contribution in [3.8, 4) is 12.3 Å². The van der Waals surface area contributed by atoms with E-state index in [0.717, 1.165) is 5.56 Å². The maximum absolute atomic E-state index is 7.52. The Hall–Kier alpha value is -1.75. The molecule has 1 aromatic carbocycles. The molecule has 0 unspecified atom stereocenters. The highest BCUT2D eigenvalue weighted by Gasteiger charge is 2.07. The van der Waals surface area contributed by atoms with Crippen LogP contribution in [-0.2, 0) is 0 Å². The van der Waals surface area contributed by atoms with E-state index < -0.39 is 0 Å². The van der Waals surface area contributed by atoms with E-state index in [0.29, 0.717) is 22.5 Å². The predicted molar refractivity (Wildman–Crippen MR) is 56.0 cm³/mol. The van der Waals surface area contributed by atoms with Gasteiger partial charge in [-0.25, -0.2) is 0 Å².